The maximum atomic E-state index is 13.2. The molecule has 1 aromatic heterocycles. The van der Waals surface area contributed by atoms with Gasteiger partial charge in [0.05, 0.1) is 6.04 Å². The Kier molecular flexibility index (Phi) is 6.59. The van der Waals surface area contributed by atoms with Crippen LogP contribution in [0.1, 0.15) is 29.3 Å². The molecule has 2 amide bonds. The normalized spacial score (nSPS) is 14.4. The van der Waals surface area contributed by atoms with Crippen molar-refractivity contribution >= 4 is 44.5 Å². The largest absolute Gasteiger partial charge is 0.322 e. The Morgan fingerprint density at radius 1 is 1.09 bits per heavy atom. The summed E-state index contributed by atoms with van der Waals surface area (Å²) in [5, 5.41) is 4.50. The number of nitrogens with one attached hydrogen (secondary N) is 2. The average molecular weight is 488 g/mol. The Hall–Kier alpha value is -3.08. The van der Waals surface area contributed by atoms with Crippen LogP contribution in [-0.4, -0.2) is 32.8 Å². The lowest BCUT2D eigenvalue weighted by Crippen LogP contribution is -2.48. The van der Waals surface area contributed by atoms with Gasteiger partial charge in [0.15, 0.2) is 0 Å². The molecule has 0 fully saturated rings. The first kappa shape index (κ1) is 23.1. The average Bonchev–Trinajstić information content (AvgIpc) is 3.35. The molecule has 1 atom stereocenters. The number of rotatable bonds is 6. The van der Waals surface area contributed by atoms with Gasteiger partial charge in [0.2, 0.25) is 5.91 Å². The van der Waals surface area contributed by atoms with E-state index in [9.17, 15) is 22.4 Å². The number of hydrogen-bond donors (Lipinski definition) is 2. The standard InChI is InChI=1S/C23H22FN3O4S2/c1-15(26-33(30,31)21-8-4-14-32-21)23(29)27-13-3-5-18-19(6-2-7-20(18)27)25-22(28)16-9-11-17(24)12-10-16/h2,4,6-12,14-15,26H,3,5,13H2,1H3,(H,25,28). The number of halogens is 1. The van der Waals surface area contributed by atoms with Crippen molar-refractivity contribution in [2.24, 2.45) is 0 Å². The van der Waals surface area contributed by atoms with Crippen molar-refractivity contribution in [3.8, 4) is 0 Å². The number of amides is 2. The van der Waals surface area contributed by atoms with Gasteiger partial charge < -0.3 is 10.2 Å². The van der Waals surface area contributed by atoms with Crippen molar-refractivity contribution in [3.05, 3.63) is 76.9 Å². The number of nitrogens with zero attached hydrogens (tertiary/aromatic N) is 1. The summed E-state index contributed by atoms with van der Waals surface area (Å²) in [4.78, 5) is 27.3. The maximum absolute atomic E-state index is 13.2. The molecule has 10 heteroatoms. The van der Waals surface area contributed by atoms with Gasteiger partial charge in [0, 0.05) is 23.5 Å². The van der Waals surface area contributed by atoms with Crippen molar-refractivity contribution in [1.29, 1.82) is 0 Å². The SMILES string of the molecule is CC(NS(=O)(=O)c1cccs1)C(=O)N1CCCc2c(NC(=O)c3ccc(F)cc3)cccc21. The first-order chi connectivity index (χ1) is 15.8. The predicted molar refractivity (Wildman–Crippen MR) is 126 cm³/mol. The minimum Gasteiger partial charge on any atom is -0.322 e. The fourth-order valence-corrected chi connectivity index (χ4v) is 5.96. The zero-order valence-electron chi connectivity index (χ0n) is 17.7. The molecule has 0 saturated carbocycles. The molecule has 0 aliphatic carbocycles. The summed E-state index contributed by atoms with van der Waals surface area (Å²) >= 11 is 1.08. The Bertz CT molecular complexity index is 1280. The Morgan fingerprint density at radius 3 is 2.55 bits per heavy atom. The van der Waals surface area contributed by atoms with Crippen molar-refractivity contribution in [2.75, 3.05) is 16.8 Å². The van der Waals surface area contributed by atoms with E-state index >= 15 is 0 Å². The second-order valence-electron chi connectivity index (χ2n) is 7.63. The number of hydrogen-bond acceptors (Lipinski definition) is 5. The van der Waals surface area contributed by atoms with Gasteiger partial charge >= 0.3 is 0 Å². The highest BCUT2D eigenvalue weighted by Gasteiger charge is 2.30. The molecule has 1 aliphatic rings. The van der Waals surface area contributed by atoms with E-state index < -0.39 is 21.9 Å². The second-order valence-corrected chi connectivity index (χ2v) is 10.5. The van der Waals surface area contributed by atoms with E-state index in [0.29, 0.717) is 36.3 Å². The van der Waals surface area contributed by atoms with Gasteiger partial charge in [-0.25, -0.2) is 12.8 Å². The highest BCUT2D eigenvalue weighted by atomic mass is 32.2. The molecular formula is C23H22FN3O4S2. The molecule has 0 spiro atoms. The molecule has 7 nitrogen and oxygen atoms in total. The molecule has 3 aromatic rings. The quantitative estimate of drug-likeness (QED) is 0.553. The molecule has 4 rings (SSSR count). The van der Waals surface area contributed by atoms with Crippen LogP contribution in [0.3, 0.4) is 0 Å². The van der Waals surface area contributed by atoms with Crippen molar-refractivity contribution in [1.82, 2.24) is 4.72 Å². The molecule has 2 heterocycles. The van der Waals surface area contributed by atoms with E-state index in [-0.39, 0.29) is 16.0 Å². The van der Waals surface area contributed by atoms with Gasteiger partial charge in [-0.15, -0.1) is 11.3 Å². The molecule has 0 radical (unpaired) electrons. The van der Waals surface area contributed by atoms with Crippen LogP contribution in [-0.2, 0) is 21.2 Å². The predicted octanol–water partition coefficient (Wildman–Crippen LogP) is 3.79. The first-order valence-electron chi connectivity index (χ1n) is 10.3. The van der Waals surface area contributed by atoms with Gasteiger partial charge in [-0.05, 0) is 73.2 Å². The molecule has 0 bridgehead atoms. The summed E-state index contributed by atoms with van der Waals surface area (Å²) in [6.45, 7) is 1.95. The number of thiophene rings is 1. The van der Waals surface area contributed by atoms with Crippen LogP contribution >= 0.6 is 11.3 Å². The topological polar surface area (TPSA) is 95.6 Å². The Balaban J connectivity index is 1.54. The van der Waals surface area contributed by atoms with Crippen LogP contribution in [0.2, 0.25) is 0 Å². The van der Waals surface area contributed by atoms with Crippen LogP contribution in [0.4, 0.5) is 15.8 Å². The molecule has 2 aromatic carbocycles. The molecule has 172 valence electrons. The molecule has 0 saturated heterocycles. The number of fused-ring (bicyclic) bond motifs is 1. The zero-order chi connectivity index (χ0) is 23.6. The lowest BCUT2D eigenvalue weighted by Gasteiger charge is -2.32. The van der Waals surface area contributed by atoms with Crippen LogP contribution in [0.25, 0.3) is 0 Å². The van der Waals surface area contributed by atoms with Crippen molar-refractivity contribution < 1.29 is 22.4 Å². The van der Waals surface area contributed by atoms with Crippen molar-refractivity contribution in [2.45, 2.75) is 30.0 Å². The number of anilines is 2. The van der Waals surface area contributed by atoms with E-state index in [4.69, 9.17) is 0 Å². The third kappa shape index (κ3) is 4.97. The first-order valence-corrected chi connectivity index (χ1v) is 12.7. The van der Waals surface area contributed by atoms with E-state index in [1.54, 1.807) is 34.5 Å². The van der Waals surface area contributed by atoms with Gasteiger partial charge in [-0.3, -0.25) is 9.59 Å². The van der Waals surface area contributed by atoms with Crippen molar-refractivity contribution in [3.63, 3.8) is 0 Å². The third-order valence-electron chi connectivity index (χ3n) is 5.33. The number of sulfonamides is 1. The molecule has 1 aliphatic heterocycles. The summed E-state index contributed by atoms with van der Waals surface area (Å²) in [6, 6.07) is 12.6. The summed E-state index contributed by atoms with van der Waals surface area (Å²) in [6.07, 6.45) is 1.31. The van der Waals surface area contributed by atoms with Crippen LogP contribution in [0.5, 0.6) is 0 Å². The second kappa shape index (κ2) is 9.42. The van der Waals surface area contributed by atoms with E-state index in [0.717, 1.165) is 16.9 Å². The number of carbonyl (C=O) groups is 2. The summed E-state index contributed by atoms with van der Waals surface area (Å²) in [7, 11) is -3.80. The van der Waals surface area contributed by atoms with E-state index in [2.05, 4.69) is 10.0 Å². The molecule has 2 N–H and O–H groups in total. The molecule has 33 heavy (non-hydrogen) atoms. The highest BCUT2D eigenvalue weighted by Crippen LogP contribution is 2.33. The zero-order valence-corrected chi connectivity index (χ0v) is 19.4. The smallest absolute Gasteiger partial charge is 0.255 e. The maximum Gasteiger partial charge on any atom is 0.255 e. The highest BCUT2D eigenvalue weighted by molar-refractivity contribution is 7.91. The van der Waals surface area contributed by atoms with Crippen LogP contribution in [0, 0.1) is 5.82 Å². The van der Waals surface area contributed by atoms with Crippen LogP contribution in [0.15, 0.2) is 64.2 Å². The Morgan fingerprint density at radius 2 is 1.85 bits per heavy atom. The van der Waals surface area contributed by atoms with Gasteiger partial charge in [0.1, 0.15) is 10.0 Å². The molecule has 1 unspecified atom stereocenters. The van der Waals surface area contributed by atoms with Crippen LogP contribution < -0.4 is 14.9 Å². The lowest BCUT2D eigenvalue weighted by atomic mass is 9.98. The van der Waals surface area contributed by atoms with Gasteiger partial charge in [-0.1, -0.05) is 12.1 Å². The monoisotopic (exact) mass is 487 g/mol. The van der Waals surface area contributed by atoms with Gasteiger partial charge in [-0.2, -0.15) is 4.72 Å². The van der Waals surface area contributed by atoms with E-state index in [1.807, 2.05) is 0 Å². The molecular weight excluding hydrogens is 465 g/mol. The van der Waals surface area contributed by atoms with Gasteiger partial charge in [0.25, 0.3) is 15.9 Å². The summed E-state index contributed by atoms with van der Waals surface area (Å²) < 4.78 is 40.8. The lowest BCUT2D eigenvalue weighted by molar-refractivity contribution is -0.119. The third-order valence-corrected chi connectivity index (χ3v) is 8.27. The fraction of sp³-hybridized carbons (Fsp3) is 0.217. The number of benzene rings is 2. The minimum absolute atomic E-state index is 0.145. The van der Waals surface area contributed by atoms with E-state index in [1.165, 1.54) is 37.3 Å². The Labute approximate surface area is 195 Å². The fourth-order valence-electron chi connectivity index (χ4n) is 3.76. The summed E-state index contributed by atoms with van der Waals surface area (Å²) in [5.74, 6) is -1.19. The minimum atomic E-state index is -3.80. The number of carbonyl (C=O) groups excluding carboxylic acids is 2. The summed E-state index contributed by atoms with van der Waals surface area (Å²) in [5.41, 5.74) is 2.30.